The van der Waals surface area contributed by atoms with Crippen molar-refractivity contribution < 1.29 is 4.74 Å². The maximum Gasteiger partial charge on any atom is 0.143 e. The molecule has 1 aromatic heterocycles. The molecule has 1 unspecified atom stereocenters. The number of aromatic nitrogens is 1. The number of ether oxygens (including phenoxy) is 1. The molecule has 0 fully saturated rings. The number of rotatable bonds is 4. The molecule has 20 heavy (non-hydrogen) atoms. The van der Waals surface area contributed by atoms with Gasteiger partial charge in [0.05, 0.1) is 35.1 Å². The van der Waals surface area contributed by atoms with E-state index in [-0.39, 0.29) is 6.04 Å². The Morgan fingerprint density at radius 3 is 2.70 bits per heavy atom. The van der Waals surface area contributed by atoms with Crippen molar-refractivity contribution >= 4 is 17.0 Å². The lowest BCUT2D eigenvalue weighted by Crippen LogP contribution is -2.10. The van der Waals surface area contributed by atoms with Gasteiger partial charge in [0.25, 0.3) is 0 Å². The Balaban J connectivity index is 2.35. The molecule has 0 bridgehead atoms. The van der Waals surface area contributed by atoms with Crippen LogP contribution in [0.3, 0.4) is 0 Å². The van der Waals surface area contributed by atoms with Crippen LogP contribution in [-0.2, 0) is 0 Å². The highest BCUT2D eigenvalue weighted by Gasteiger charge is 2.17. The molecular weight excluding hydrogens is 270 g/mol. The molecule has 2 rings (SSSR count). The van der Waals surface area contributed by atoms with Gasteiger partial charge in [-0.15, -0.1) is 11.3 Å². The lowest BCUT2D eigenvalue weighted by atomic mass is 10.1. The van der Waals surface area contributed by atoms with Crippen molar-refractivity contribution in [1.29, 1.82) is 5.26 Å². The number of methoxy groups -OCH3 is 1. The van der Waals surface area contributed by atoms with E-state index in [1.807, 2.05) is 26.0 Å². The number of thiazole rings is 1. The van der Waals surface area contributed by atoms with Gasteiger partial charge in [0, 0.05) is 4.88 Å². The minimum absolute atomic E-state index is 0.0170. The minimum Gasteiger partial charge on any atom is -0.495 e. The number of nitrogens with one attached hydrogen (secondary N) is 1. The van der Waals surface area contributed by atoms with Gasteiger partial charge in [0.1, 0.15) is 11.8 Å². The quantitative estimate of drug-likeness (QED) is 0.929. The number of hydrogen-bond donors (Lipinski definition) is 1. The van der Waals surface area contributed by atoms with Crippen LogP contribution in [0.5, 0.6) is 5.75 Å². The third kappa shape index (κ3) is 2.75. The lowest BCUT2D eigenvalue weighted by molar-refractivity contribution is 0.416. The molecule has 0 spiro atoms. The van der Waals surface area contributed by atoms with E-state index in [4.69, 9.17) is 4.74 Å². The predicted octanol–water partition coefficient (Wildman–Crippen LogP) is 3.81. The third-order valence-electron chi connectivity index (χ3n) is 3.08. The zero-order valence-corrected chi connectivity index (χ0v) is 12.8. The number of hydrogen-bond acceptors (Lipinski definition) is 5. The maximum atomic E-state index is 9.22. The van der Waals surface area contributed by atoms with Gasteiger partial charge in [0.2, 0.25) is 0 Å². The summed E-state index contributed by atoms with van der Waals surface area (Å²) in [6, 6.07) is 7.63. The average Bonchev–Trinajstić information content (AvgIpc) is 2.78. The fourth-order valence-electron chi connectivity index (χ4n) is 2.17. The van der Waals surface area contributed by atoms with Gasteiger partial charge in [-0.05, 0) is 32.9 Å². The topological polar surface area (TPSA) is 57.9 Å². The second kappa shape index (κ2) is 5.93. The van der Waals surface area contributed by atoms with Gasteiger partial charge in [-0.3, -0.25) is 0 Å². The standard InChI is InChI=1S/C15H17N3OS/c1-9(14-10(2)20-11(3)18-14)17-15-12(8-16)6-5-7-13(15)19-4/h5-7,9,17H,1-4H3. The first-order valence-corrected chi connectivity index (χ1v) is 7.16. The average molecular weight is 287 g/mol. The fraction of sp³-hybridized carbons (Fsp3) is 0.333. The summed E-state index contributed by atoms with van der Waals surface area (Å²) in [7, 11) is 1.60. The molecule has 2 aromatic rings. The maximum absolute atomic E-state index is 9.22. The number of nitrogens with zero attached hydrogens (tertiary/aromatic N) is 2. The van der Waals surface area contributed by atoms with Crippen molar-refractivity contribution in [1.82, 2.24) is 4.98 Å². The zero-order valence-electron chi connectivity index (χ0n) is 12.0. The van der Waals surface area contributed by atoms with Crippen LogP contribution in [0.1, 0.15) is 34.1 Å². The molecule has 1 N–H and O–H groups in total. The first-order chi connectivity index (χ1) is 9.56. The molecule has 4 nitrogen and oxygen atoms in total. The summed E-state index contributed by atoms with van der Waals surface area (Å²) >= 11 is 1.68. The van der Waals surface area contributed by atoms with Crippen LogP contribution < -0.4 is 10.1 Å². The fourth-order valence-corrected chi connectivity index (χ4v) is 3.09. The Morgan fingerprint density at radius 2 is 2.15 bits per heavy atom. The van der Waals surface area contributed by atoms with Gasteiger partial charge in [0.15, 0.2) is 0 Å². The van der Waals surface area contributed by atoms with E-state index in [2.05, 4.69) is 23.3 Å². The van der Waals surface area contributed by atoms with Gasteiger partial charge >= 0.3 is 0 Å². The molecular formula is C15H17N3OS. The molecule has 1 aromatic carbocycles. The summed E-state index contributed by atoms with van der Waals surface area (Å²) in [6.07, 6.45) is 0. The first kappa shape index (κ1) is 14.4. The first-order valence-electron chi connectivity index (χ1n) is 6.34. The Bertz CT molecular complexity index is 658. The zero-order chi connectivity index (χ0) is 14.7. The number of aryl methyl sites for hydroxylation is 2. The predicted molar refractivity (Wildman–Crippen MR) is 81.3 cm³/mol. The summed E-state index contributed by atoms with van der Waals surface area (Å²) in [5, 5.41) is 13.6. The smallest absolute Gasteiger partial charge is 0.143 e. The second-order valence-electron chi connectivity index (χ2n) is 4.53. The Kier molecular flexibility index (Phi) is 4.26. The SMILES string of the molecule is COc1cccc(C#N)c1NC(C)c1nc(C)sc1C. The van der Waals surface area contributed by atoms with E-state index in [1.165, 1.54) is 4.88 Å². The van der Waals surface area contributed by atoms with Crippen molar-refractivity contribution in [2.24, 2.45) is 0 Å². The van der Waals surface area contributed by atoms with Crippen LogP contribution >= 0.6 is 11.3 Å². The van der Waals surface area contributed by atoms with E-state index in [1.54, 1.807) is 24.5 Å². The van der Waals surface area contributed by atoms with E-state index < -0.39 is 0 Å². The van der Waals surface area contributed by atoms with Gasteiger partial charge in [-0.25, -0.2) is 4.98 Å². The summed E-state index contributed by atoms with van der Waals surface area (Å²) in [6.45, 7) is 6.10. The van der Waals surface area contributed by atoms with Crippen molar-refractivity contribution in [3.63, 3.8) is 0 Å². The van der Waals surface area contributed by atoms with Crippen LogP contribution in [-0.4, -0.2) is 12.1 Å². The normalized spacial score (nSPS) is 11.8. The highest BCUT2D eigenvalue weighted by molar-refractivity contribution is 7.11. The van der Waals surface area contributed by atoms with Crippen LogP contribution in [0, 0.1) is 25.2 Å². The Labute approximate surface area is 123 Å². The molecule has 0 aliphatic rings. The summed E-state index contributed by atoms with van der Waals surface area (Å²) in [4.78, 5) is 5.74. The van der Waals surface area contributed by atoms with Crippen LogP contribution in [0.25, 0.3) is 0 Å². The number of anilines is 1. The molecule has 0 amide bonds. The molecule has 5 heteroatoms. The van der Waals surface area contributed by atoms with Crippen LogP contribution in [0.2, 0.25) is 0 Å². The van der Waals surface area contributed by atoms with Gasteiger partial charge < -0.3 is 10.1 Å². The number of benzene rings is 1. The largest absolute Gasteiger partial charge is 0.495 e. The van der Waals surface area contributed by atoms with Crippen LogP contribution in [0.15, 0.2) is 18.2 Å². The highest BCUT2D eigenvalue weighted by Crippen LogP contribution is 2.32. The molecule has 104 valence electrons. The van der Waals surface area contributed by atoms with Crippen molar-refractivity contribution in [3.8, 4) is 11.8 Å². The van der Waals surface area contributed by atoms with Crippen molar-refractivity contribution in [2.75, 3.05) is 12.4 Å². The molecule has 0 radical (unpaired) electrons. The molecule has 0 aliphatic heterocycles. The lowest BCUT2D eigenvalue weighted by Gasteiger charge is -2.17. The summed E-state index contributed by atoms with van der Waals surface area (Å²) < 4.78 is 5.33. The van der Waals surface area contributed by atoms with Gasteiger partial charge in [-0.1, -0.05) is 6.07 Å². The minimum atomic E-state index is 0.0170. The second-order valence-corrected chi connectivity index (χ2v) is 5.94. The molecule has 1 atom stereocenters. The third-order valence-corrected chi connectivity index (χ3v) is 3.98. The van der Waals surface area contributed by atoms with Crippen molar-refractivity contribution in [3.05, 3.63) is 39.3 Å². The molecule has 0 saturated heterocycles. The Morgan fingerprint density at radius 1 is 1.40 bits per heavy atom. The molecule has 0 saturated carbocycles. The van der Waals surface area contributed by atoms with Gasteiger partial charge in [-0.2, -0.15) is 5.26 Å². The molecule has 1 heterocycles. The van der Waals surface area contributed by atoms with Crippen molar-refractivity contribution in [2.45, 2.75) is 26.8 Å². The van der Waals surface area contributed by atoms with E-state index in [0.29, 0.717) is 11.3 Å². The molecule has 0 aliphatic carbocycles. The number of nitriles is 1. The van der Waals surface area contributed by atoms with E-state index in [9.17, 15) is 5.26 Å². The summed E-state index contributed by atoms with van der Waals surface area (Å²) in [5.74, 6) is 0.667. The number of para-hydroxylation sites is 1. The highest BCUT2D eigenvalue weighted by atomic mass is 32.1. The van der Waals surface area contributed by atoms with E-state index in [0.717, 1.165) is 16.4 Å². The summed E-state index contributed by atoms with van der Waals surface area (Å²) in [5.41, 5.74) is 2.30. The Hall–Kier alpha value is -2.06. The van der Waals surface area contributed by atoms with Crippen LogP contribution in [0.4, 0.5) is 5.69 Å². The monoisotopic (exact) mass is 287 g/mol. The van der Waals surface area contributed by atoms with E-state index >= 15 is 0 Å².